The molecule has 80 valence electrons. The minimum absolute atomic E-state index is 0.228. The summed E-state index contributed by atoms with van der Waals surface area (Å²) >= 11 is 0. The molecule has 0 spiro atoms. The molecule has 1 aliphatic heterocycles. The standard InChI is InChI=1S/C11H20N2O/c1-8-2-3-10(6-8)13-11(14)9-4-5-12-7-9/h8-10,12H,2-7H2,1H3,(H,13,14). The maximum absolute atomic E-state index is 11.8. The van der Waals surface area contributed by atoms with Gasteiger partial charge in [-0.3, -0.25) is 4.79 Å². The quantitative estimate of drug-likeness (QED) is 0.689. The van der Waals surface area contributed by atoms with Gasteiger partial charge < -0.3 is 10.6 Å². The van der Waals surface area contributed by atoms with Crippen LogP contribution in [0.3, 0.4) is 0 Å². The number of amides is 1. The molecule has 2 fully saturated rings. The zero-order chi connectivity index (χ0) is 9.97. The van der Waals surface area contributed by atoms with E-state index >= 15 is 0 Å². The van der Waals surface area contributed by atoms with Gasteiger partial charge in [-0.15, -0.1) is 0 Å². The molecule has 1 amide bonds. The van der Waals surface area contributed by atoms with E-state index < -0.39 is 0 Å². The molecule has 2 aliphatic rings. The van der Waals surface area contributed by atoms with E-state index in [0.717, 1.165) is 25.4 Å². The zero-order valence-electron chi connectivity index (χ0n) is 8.88. The fourth-order valence-electron chi connectivity index (χ4n) is 2.54. The first-order chi connectivity index (χ1) is 6.75. The van der Waals surface area contributed by atoms with Gasteiger partial charge >= 0.3 is 0 Å². The summed E-state index contributed by atoms with van der Waals surface area (Å²) in [6.45, 7) is 4.14. The molecule has 3 unspecified atom stereocenters. The Bertz CT molecular complexity index is 211. The monoisotopic (exact) mass is 196 g/mol. The normalized spacial score (nSPS) is 37.4. The van der Waals surface area contributed by atoms with Crippen LogP contribution in [-0.2, 0) is 4.79 Å². The highest BCUT2D eigenvalue weighted by molar-refractivity contribution is 5.79. The Balaban J connectivity index is 1.76. The van der Waals surface area contributed by atoms with Crippen molar-refractivity contribution in [2.45, 2.75) is 38.6 Å². The minimum atomic E-state index is 0.228. The van der Waals surface area contributed by atoms with Gasteiger partial charge in [-0.25, -0.2) is 0 Å². The van der Waals surface area contributed by atoms with E-state index in [-0.39, 0.29) is 11.8 Å². The van der Waals surface area contributed by atoms with Gasteiger partial charge in [0.2, 0.25) is 5.91 Å². The maximum Gasteiger partial charge on any atom is 0.224 e. The third-order valence-electron chi connectivity index (χ3n) is 3.47. The molecule has 0 aromatic rings. The third-order valence-corrected chi connectivity index (χ3v) is 3.47. The molecule has 1 saturated heterocycles. The first kappa shape index (κ1) is 9.97. The van der Waals surface area contributed by atoms with Crippen molar-refractivity contribution < 1.29 is 4.79 Å². The molecule has 2 N–H and O–H groups in total. The van der Waals surface area contributed by atoms with Gasteiger partial charge in [-0.05, 0) is 38.1 Å². The van der Waals surface area contributed by atoms with Gasteiger partial charge in [0.15, 0.2) is 0 Å². The summed E-state index contributed by atoms with van der Waals surface area (Å²) < 4.78 is 0. The Hall–Kier alpha value is -0.570. The highest BCUT2D eigenvalue weighted by Gasteiger charge is 2.27. The second kappa shape index (κ2) is 4.30. The van der Waals surface area contributed by atoms with E-state index in [2.05, 4.69) is 17.6 Å². The summed E-state index contributed by atoms with van der Waals surface area (Å²) in [4.78, 5) is 11.8. The van der Waals surface area contributed by atoms with Gasteiger partial charge in [-0.1, -0.05) is 6.92 Å². The Labute approximate surface area is 85.6 Å². The molecule has 1 saturated carbocycles. The molecule has 3 nitrogen and oxygen atoms in total. The second-order valence-corrected chi connectivity index (χ2v) is 4.81. The number of carbonyl (C=O) groups is 1. The van der Waals surface area contributed by atoms with Gasteiger partial charge in [-0.2, -0.15) is 0 Å². The second-order valence-electron chi connectivity index (χ2n) is 4.81. The summed E-state index contributed by atoms with van der Waals surface area (Å²) in [5, 5.41) is 6.40. The number of nitrogens with one attached hydrogen (secondary N) is 2. The average Bonchev–Trinajstić information content (AvgIpc) is 2.75. The number of hydrogen-bond acceptors (Lipinski definition) is 2. The number of carbonyl (C=O) groups excluding carboxylic acids is 1. The largest absolute Gasteiger partial charge is 0.353 e. The van der Waals surface area contributed by atoms with Crippen LogP contribution in [0.25, 0.3) is 0 Å². The van der Waals surface area contributed by atoms with Crippen molar-refractivity contribution in [3.63, 3.8) is 0 Å². The van der Waals surface area contributed by atoms with Crippen LogP contribution >= 0.6 is 0 Å². The molecular weight excluding hydrogens is 176 g/mol. The van der Waals surface area contributed by atoms with Crippen molar-refractivity contribution in [3.8, 4) is 0 Å². The lowest BCUT2D eigenvalue weighted by molar-refractivity contribution is -0.125. The predicted molar refractivity (Wildman–Crippen MR) is 55.9 cm³/mol. The van der Waals surface area contributed by atoms with Gasteiger partial charge in [0.1, 0.15) is 0 Å². The molecule has 1 heterocycles. The highest BCUT2D eigenvalue weighted by Crippen LogP contribution is 2.25. The number of rotatable bonds is 2. The Morgan fingerprint density at radius 1 is 1.36 bits per heavy atom. The van der Waals surface area contributed by atoms with E-state index in [1.807, 2.05) is 0 Å². The summed E-state index contributed by atoms with van der Waals surface area (Å²) in [7, 11) is 0. The van der Waals surface area contributed by atoms with Crippen molar-refractivity contribution in [1.29, 1.82) is 0 Å². The van der Waals surface area contributed by atoms with E-state index in [1.54, 1.807) is 0 Å². The van der Waals surface area contributed by atoms with Crippen molar-refractivity contribution in [2.24, 2.45) is 11.8 Å². The molecule has 0 bridgehead atoms. The fourth-order valence-corrected chi connectivity index (χ4v) is 2.54. The molecule has 0 radical (unpaired) electrons. The molecule has 3 heteroatoms. The lowest BCUT2D eigenvalue weighted by Crippen LogP contribution is -2.38. The smallest absolute Gasteiger partial charge is 0.224 e. The Kier molecular flexibility index (Phi) is 3.06. The van der Waals surface area contributed by atoms with Crippen molar-refractivity contribution in [1.82, 2.24) is 10.6 Å². The lowest BCUT2D eigenvalue weighted by Gasteiger charge is -2.15. The van der Waals surface area contributed by atoms with Gasteiger partial charge in [0.05, 0.1) is 5.92 Å². The number of hydrogen-bond donors (Lipinski definition) is 2. The van der Waals surface area contributed by atoms with Crippen LogP contribution in [0.15, 0.2) is 0 Å². The summed E-state index contributed by atoms with van der Waals surface area (Å²) in [6, 6.07) is 0.457. The van der Waals surface area contributed by atoms with Crippen molar-refractivity contribution in [3.05, 3.63) is 0 Å². The molecule has 0 aromatic carbocycles. The molecule has 14 heavy (non-hydrogen) atoms. The van der Waals surface area contributed by atoms with Crippen LogP contribution in [0.1, 0.15) is 32.6 Å². The predicted octanol–water partition coefficient (Wildman–Crippen LogP) is 0.901. The summed E-state index contributed by atoms with van der Waals surface area (Å²) in [6.07, 6.45) is 4.63. The lowest BCUT2D eigenvalue weighted by atomic mass is 10.1. The SMILES string of the molecule is CC1CCC(NC(=O)C2CCNC2)C1. The minimum Gasteiger partial charge on any atom is -0.353 e. The van der Waals surface area contributed by atoms with Crippen LogP contribution in [-0.4, -0.2) is 25.0 Å². The van der Waals surface area contributed by atoms with Gasteiger partial charge in [0.25, 0.3) is 0 Å². The summed E-state index contributed by atoms with van der Waals surface area (Å²) in [5.74, 6) is 1.29. The van der Waals surface area contributed by atoms with E-state index in [1.165, 1.54) is 19.3 Å². The Morgan fingerprint density at radius 2 is 2.21 bits per heavy atom. The topological polar surface area (TPSA) is 41.1 Å². The molecule has 1 aliphatic carbocycles. The van der Waals surface area contributed by atoms with E-state index in [9.17, 15) is 4.79 Å². The van der Waals surface area contributed by atoms with Crippen molar-refractivity contribution in [2.75, 3.05) is 13.1 Å². The van der Waals surface area contributed by atoms with E-state index in [0.29, 0.717) is 6.04 Å². The van der Waals surface area contributed by atoms with Crippen LogP contribution in [0.4, 0.5) is 0 Å². The van der Waals surface area contributed by atoms with E-state index in [4.69, 9.17) is 0 Å². The van der Waals surface area contributed by atoms with Crippen molar-refractivity contribution >= 4 is 5.91 Å². The first-order valence-corrected chi connectivity index (χ1v) is 5.77. The average molecular weight is 196 g/mol. The highest BCUT2D eigenvalue weighted by atomic mass is 16.2. The molecule has 0 aromatic heterocycles. The fraction of sp³-hybridized carbons (Fsp3) is 0.909. The van der Waals surface area contributed by atoms with Crippen LogP contribution in [0.5, 0.6) is 0 Å². The molecular formula is C11H20N2O. The zero-order valence-corrected chi connectivity index (χ0v) is 8.88. The van der Waals surface area contributed by atoms with Crippen LogP contribution in [0.2, 0.25) is 0 Å². The Morgan fingerprint density at radius 3 is 2.79 bits per heavy atom. The maximum atomic E-state index is 11.8. The van der Waals surface area contributed by atoms with Gasteiger partial charge in [0, 0.05) is 12.6 Å². The molecule has 3 atom stereocenters. The van der Waals surface area contributed by atoms with Crippen LogP contribution < -0.4 is 10.6 Å². The first-order valence-electron chi connectivity index (χ1n) is 5.77. The summed E-state index contributed by atoms with van der Waals surface area (Å²) in [5.41, 5.74) is 0. The third kappa shape index (κ3) is 2.27. The molecule has 2 rings (SSSR count). The van der Waals surface area contributed by atoms with Crippen LogP contribution in [0, 0.1) is 11.8 Å².